The summed E-state index contributed by atoms with van der Waals surface area (Å²) in [6, 6.07) is 3.53. The van der Waals surface area contributed by atoms with Crippen LogP contribution in [0.2, 0.25) is 0 Å². The van der Waals surface area contributed by atoms with Gasteiger partial charge in [-0.05, 0) is 12.1 Å². The van der Waals surface area contributed by atoms with Gasteiger partial charge in [0.15, 0.2) is 0 Å². The summed E-state index contributed by atoms with van der Waals surface area (Å²) in [6.07, 6.45) is 0. The summed E-state index contributed by atoms with van der Waals surface area (Å²) in [6.45, 7) is 2.60. The number of rotatable bonds is 5. The molecule has 1 aromatic heterocycles. The Morgan fingerprint density at radius 3 is 3.00 bits per heavy atom. The second-order valence-corrected chi connectivity index (χ2v) is 6.31. The van der Waals surface area contributed by atoms with E-state index in [9.17, 15) is 9.00 Å². The fourth-order valence-corrected chi connectivity index (χ4v) is 2.59. The molecule has 0 aliphatic rings. The summed E-state index contributed by atoms with van der Waals surface area (Å²) >= 11 is 1.33. The standard InChI is InChI=1S/C12H16N2O2S2/c1-2-18(16)9-8-14-12(15)11-6-5-10(17-11)4-3-7-13/h5-6H,2,7-9,13H2,1H3,(H,14,15). The Morgan fingerprint density at radius 2 is 2.33 bits per heavy atom. The van der Waals surface area contributed by atoms with Crippen molar-refractivity contribution in [2.45, 2.75) is 6.92 Å². The van der Waals surface area contributed by atoms with Gasteiger partial charge in [0, 0.05) is 28.9 Å². The van der Waals surface area contributed by atoms with E-state index in [1.54, 1.807) is 12.1 Å². The van der Waals surface area contributed by atoms with Crippen LogP contribution in [0, 0.1) is 11.8 Å². The van der Waals surface area contributed by atoms with Crippen LogP contribution in [0.4, 0.5) is 0 Å². The minimum absolute atomic E-state index is 0.145. The van der Waals surface area contributed by atoms with Crippen molar-refractivity contribution in [3.8, 4) is 11.8 Å². The monoisotopic (exact) mass is 284 g/mol. The first kappa shape index (κ1) is 14.9. The number of carbonyl (C=O) groups is 1. The molecule has 0 aliphatic carbocycles. The lowest BCUT2D eigenvalue weighted by Gasteiger charge is -2.02. The molecular formula is C12H16N2O2S2. The molecule has 98 valence electrons. The highest BCUT2D eigenvalue weighted by Gasteiger charge is 2.08. The van der Waals surface area contributed by atoms with Gasteiger partial charge in [0.05, 0.1) is 16.3 Å². The van der Waals surface area contributed by atoms with E-state index in [4.69, 9.17) is 5.73 Å². The highest BCUT2D eigenvalue weighted by Crippen LogP contribution is 2.14. The lowest BCUT2D eigenvalue weighted by molar-refractivity contribution is 0.0960. The van der Waals surface area contributed by atoms with Crippen LogP contribution in [-0.4, -0.2) is 34.7 Å². The molecule has 1 unspecified atom stereocenters. The molecule has 1 heterocycles. The molecule has 0 aliphatic heterocycles. The highest BCUT2D eigenvalue weighted by atomic mass is 32.2. The highest BCUT2D eigenvalue weighted by molar-refractivity contribution is 7.84. The number of hydrogen-bond donors (Lipinski definition) is 2. The number of nitrogens with one attached hydrogen (secondary N) is 1. The van der Waals surface area contributed by atoms with E-state index < -0.39 is 10.8 Å². The summed E-state index contributed by atoms with van der Waals surface area (Å²) < 4.78 is 11.2. The average molecular weight is 284 g/mol. The van der Waals surface area contributed by atoms with E-state index in [0.29, 0.717) is 29.5 Å². The third-order valence-corrected chi connectivity index (χ3v) is 4.38. The van der Waals surface area contributed by atoms with E-state index in [1.165, 1.54) is 11.3 Å². The molecule has 1 aromatic rings. The molecule has 1 atom stereocenters. The largest absolute Gasteiger partial charge is 0.350 e. The van der Waals surface area contributed by atoms with Crippen LogP contribution >= 0.6 is 11.3 Å². The van der Waals surface area contributed by atoms with Crippen molar-refractivity contribution in [2.24, 2.45) is 5.73 Å². The zero-order valence-electron chi connectivity index (χ0n) is 10.2. The third-order valence-electron chi connectivity index (χ3n) is 2.08. The van der Waals surface area contributed by atoms with Gasteiger partial charge in [0.2, 0.25) is 0 Å². The van der Waals surface area contributed by atoms with Crippen LogP contribution in [0.3, 0.4) is 0 Å². The van der Waals surface area contributed by atoms with E-state index in [1.807, 2.05) is 6.92 Å². The van der Waals surface area contributed by atoms with Crippen molar-refractivity contribution < 1.29 is 9.00 Å². The summed E-state index contributed by atoms with van der Waals surface area (Å²) in [4.78, 5) is 13.2. The van der Waals surface area contributed by atoms with Crippen LogP contribution in [-0.2, 0) is 10.8 Å². The van der Waals surface area contributed by atoms with Gasteiger partial charge < -0.3 is 11.1 Å². The van der Waals surface area contributed by atoms with Crippen LogP contribution in [0.25, 0.3) is 0 Å². The van der Waals surface area contributed by atoms with Crippen molar-refractivity contribution in [1.82, 2.24) is 5.32 Å². The molecule has 1 amide bonds. The quantitative estimate of drug-likeness (QED) is 0.776. The summed E-state index contributed by atoms with van der Waals surface area (Å²) in [5, 5.41) is 2.74. The summed E-state index contributed by atoms with van der Waals surface area (Å²) in [5.74, 6) is 6.58. The second-order valence-electron chi connectivity index (χ2n) is 3.36. The Hall–Kier alpha value is -1.16. The van der Waals surface area contributed by atoms with Gasteiger partial charge in [-0.1, -0.05) is 18.8 Å². The summed E-state index contributed by atoms with van der Waals surface area (Å²) in [7, 11) is -0.846. The van der Waals surface area contributed by atoms with Gasteiger partial charge in [-0.25, -0.2) is 0 Å². The zero-order chi connectivity index (χ0) is 13.4. The van der Waals surface area contributed by atoms with Crippen molar-refractivity contribution in [1.29, 1.82) is 0 Å². The van der Waals surface area contributed by atoms with Gasteiger partial charge in [0.25, 0.3) is 5.91 Å². The van der Waals surface area contributed by atoms with Crippen LogP contribution in [0.5, 0.6) is 0 Å². The average Bonchev–Trinajstić information content (AvgIpc) is 2.84. The normalized spacial score (nSPS) is 11.4. The lowest BCUT2D eigenvalue weighted by Crippen LogP contribution is -2.27. The maximum absolute atomic E-state index is 11.7. The molecule has 6 heteroatoms. The predicted octanol–water partition coefficient (Wildman–Crippen LogP) is 0.557. The molecule has 0 saturated heterocycles. The van der Waals surface area contributed by atoms with Gasteiger partial charge in [-0.3, -0.25) is 9.00 Å². The summed E-state index contributed by atoms with van der Waals surface area (Å²) in [5.41, 5.74) is 5.27. The van der Waals surface area contributed by atoms with Crippen molar-refractivity contribution >= 4 is 28.0 Å². The van der Waals surface area contributed by atoms with Gasteiger partial charge in [0.1, 0.15) is 0 Å². The number of amides is 1. The molecular weight excluding hydrogens is 268 g/mol. The fraction of sp³-hybridized carbons (Fsp3) is 0.417. The number of nitrogens with two attached hydrogens (primary N) is 1. The second kappa shape index (κ2) is 8.03. The first-order chi connectivity index (χ1) is 8.67. The molecule has 0 aromatic carbocycles. The maximum Gasteiger partial charge on any atom is 0.261 e. The molecule has 0 saturated carbocycles. The molecule has 4 nitrogen and oxygen atoms in total. The molecule has 3 N–H and O–H groups in total. The van der Waals surface area contributed by atoms with Crippen LogP contribution in [0.15, 0.2) is 12.1 Å². The Labute approximate surface area is 113 Å². The van der Waals surface area contributed by atoms with E-state index >= 15 is 0 Å². The zero-order valence-corrected chi connectivity index (χ0v) is 11.8. The first-order valence-electron chi connectivity index (χ1n) is 5.59. The lowest BCUT2D eigenvalue weighted by atomic mass is 10.4. The third kappa shape index (κ3) is 5.00. The minimum Gasteiger partial charge on any atom is -0.350 e. The number of hydrogen-bond acceptors (Lipinski definition) is 4. The predicted molar refractivity (Wildman–Crippen MR) is 76.1 cm³/mol. The van der Waals surface area contributed by atoms with Crippen LogP contribution < -0.4 is 11.1 Å². The molecule has 1 rings (SSSR count). The van der Waals surface area contributed by atoms with Crippen molar-refractivity contribution in [3.63, 3.8) is 0 Å². The smallest absolute Gasteiger partial charge is 0.261 e. The van der Waals surface area contributed by atoms with Gasteiger partial charge >= 0.3 is 0 Å². The van der Waals surface area contributed by atoms with Crippen LogP contribution in [0.1, 0.15) is 21.5 Å². The first-order valence-corrected chi connectivity index (χ1v) is 7.89. The Bertz CT molecular complexity index is 486. The van der Waals surface area contributed by atoms with Crippen molar-refractivity contribution in [2.75, 3.05) is 24.6 Å². The number of thiophene rings is 1. The fourth-order valence-electron chi connectivity index (χ4n) is 1.18. The van der Waals surface area contributed by atoms with Gasteiger partial charge in [-0.15, -0.1) is 11.3 Å². The van der Waals surface area contributed by atoms with E-state index in [-0.39, 0.29) is 5.91 Å². The Kier molecular flexibility index (Phi) is 6.65. The molecule has 0 radical (unpaired) electrons. The minimum atomic E-state index is -0.846. The molecule has 0 fully saturated rings. The molecule has 0 spiro atoms. The van der Waals surface area contributed by atoms with Crippen molar-refractivity contribution in [3.05, 3.63) is 21.9 Å². The van der Waals surface area contributed by atoms with E-state index in [2.05, 4.69) is 17.2 Å². The van der Waals surface area contributed by atoms with E-state index in [0.717, 1.165) is 4.88 Å². The molecule has 0 bridgehead atoms. The number of carbonyl (C=O) groups excluding carboxylic acids is 1. The molecule has 18 heavy (non-hydrogen) atoms. The maximum atomic E-state index is 11.7. The Balaban J connectivity index is 2.47. The SMILES string of the molecule is CCS(=O)CCNC(=O)c1ccc(C#CCN)s1. The topological polar surface area (TPSA) is 72.2 Å². The Morgan fingerprint density at radius 1 is 1.56 bits per heavy atom. The van der Waals surface area contributed by atoms with Gasteiger partial charge in [-0.2, -0.15) is 0 Å².